The van der Waals surface area contributed by atoms with Crippen molar-refractivity contribution in [2.75, 3.05) is 0 Å². The Hall–Kier alpha value is 0.228. The summed E-state index contributed by atoms with van der Waals surface area (Å²) in [6.07, 6.45) is 25.1. The Morgan fingerprint density at radius 2 is 1.19 bits per heavy atom. The molecule has 2 aliphatic rings. The van der Waals surface area contributed by atoms with Crippen LogP contribution in [-0.2, 0) is 21.1 Å². The van der Waals surface area contributed by atoms with Gasteiger partial charge in [0.2, 0.25) is 0 Å². The quantitative estimate of drug-likeness (QED) is 0.444. The minimum Gasteiger partial charge on any atom is -1.00 e. The molecule has 120 valence electrons. The van der Waals surface area contributed by atoms with Gasteiger partial charge in [-0.15, -0.1) is 12.8 Å². The third-order valence-corrected chi connectivity index (χ3v) is 3.13. The van der Waals surface area contributed by atoms with Gasteiger partial charge < -0.3 is 24.8 Å². The van der Waals surface area contributed by atoms with Crippen molar-refractivity contribution in [2.24, 2.45) is 0 Å². The maximum Gasteiger partial charge on any atom is 2.00 e. The Bertz CT molecular complexity index is 307. The molecule has 0 atom stereocenters. The van der Waals surface area contributed by atoms with Crippen LogP contribution in [0.3, 0.4) is 0 Å². The van der Waals surface area contributed by atoms with Crippen molar-refractivity contribution < 1.29 is 45.9 Å². The van der Waals surface area contributed by atoms with Crippen molar-refractivity contribution in [1.29, 1.82) is 0 Å². The van der Waals surface area contributed by atoms with Crippen molar-refractivity contribution in [3.63, 3.8) is 0 Å². The van der Waals surface area contributed by atoms with E-state index in [1.165, 1.54) is 49.7 Å². The molecule has 2 aliphatic carbocycles. The maximum atomic E-state index is 3.30. The molecule has 0 saturated carbocycles. The number of unbranched alkanes of at least 4 members (excludes halogenated alkanes) is 2. The normalized spacial score (nSPS) is 14.0. The standard InChI is InChI=1S/2C9H13.2ClH.W/c2*1-2-3-6-9-7-4-5-8-9;;;/h2*4,7H,2-3,5-6H2,1H3;2*1H;/q2*-1;;;+2/p-2. The van der Waals surface area contributed by atoms with Gasteiger partial charge in [0.25, 0.3) is 0 Å². The van der Waals surface area contributed by atoms with E-state index >= 15 is 0 Å². The summed E-state index contributed by atoms with van der Waals surface area (Å²) in [6, 6.07) is 0. The molecule has 0 nitrogen and oxygen atoms in total. The first-order chi connectivity index (χ1) is 8.86. The minimum absolute atomic E-state index is 0. The van der Waals surface area contributed by atoms with Crippen molar-refractivity contribution >= 4 is 0 Å². The summed E-state index contributed by atoms with van der Waals surface area (Å²) in [4.78, 5) is 0. The van der Waals surface area contributed by atoms with E-state index in [-0.39, 0.29) is 45.9 Å². The van der Waals surface area contributed by atoms with E-state index in [1.807, 2.05) is 0 Å². The van der Waals surface area contributed by atoms with Crippen molar-refractivity contribution in [3.8, 4) is 0 Å². The van der Waals surface area contributed by atoms with Crippen molar-refractivity contribution in [1.82, 2.24) is 0 Å². The third-order valence-electron chi connectivity index (χ3n) is 3.13. The van der Waals surface area contributed by atoms with Gasteiger partial charge in [0, 0.05) is 0 Å². The molecule has 0 amide bonds. The predicted octanol–water partition coefficient (Wildman–Crippen LogP) is -0.262. The van der Waals surface area contributed by atoms with Crippen molar-refractivity contribution in [2.45, 2.75) is 65.2 Å². The fraction of sp³-hybridized carbons (Fsp3) is 0.556. The van der Waals surface area contributed by atoms with Crippen LogP contribution in [0.15, 0.2) is 35.5 Å². The fourth-order valence-electron chi connectivity index (χ4n) is 1.98. The number of hydrogen-bond acceptors (Lipinski definition) is 0. The summed E-state index contributed by atoms with van der Waals surface area (Å²) in [7, 11) is 0. The smallest absolute Gasteiger partial charge is 1.00 e. The van der Waals surface area contributed by atoms with Gasteiger partial charge in [-0.3, -0.25) is 12.2 Å². The molecular weight excluding hydrogens is 471 g/mol. The van der Waals surface area contributed by atoms with E-state index in [4.69, 9.17) is 0 Å². The summed E-state index contributed by atoms with van der Waals surface area (Å²) in [5.41, 5.74) is 2.83. The van der Waals surface area contributed by atoms with Crippen LogP contribution < -0.4 is 24.8 Å². The molecule has 0 spiro atoms. The Kier molecular flexibility index (Phi) is 22.8. The van der Waals surface area contributed by atoms with Gasteiger partial charge in [-0.05, 0) is 0 Å². The SMILES string of the molecule is CCCCC1=[C-]CC=C1.CCCCC1=[C-]CC=C1.[Cl-].[Cl-].[W+2]. The largest absolute Gasteiger partial charge is 2.00 e. The first kappa shape index (κ1) is 26.1. The van der Waals surface area contributed by atoms with Crippen molar-refractivity contribution in [3.05, 3.63) is 47.6 Å². The molecule has 0 fully saturated rings. The second kappa shape index (κ2) is 18.3. The summed E-state index contributed by atoms with van der Waals surface area (Å²) in [5, 5.41) is 0. The minimum atomic E-state index is 0. The van der Waals surface area contributed by atoms with Crippen LogP contribution in [0.1, 0.15) is 65.2 Å². The van der Waals surface area contributed by atoms with Gasteiger partial charge in [-0.25, -0.2) is 23.3 Å². The van der Waals surface area contributed by atoms with E-state index in [2.05, 4.69) is 50.3 Å². The molecule has 2 rings (SSSR count). The van der Waals surface area contributed by atoms with Crippen LogP contribution in [0.25, 0.3) is 0 Å². The van der Waals surface area contributed by atoms with Crippen LogP contribution in [0.2, 0.25) is 0 Å². The number of rotatable bonds is 6. The van der Waals surface area contributed by atoms with E-state index in [1.54, 1.807) is 0 Å². The van der Waals surface area contributed by atoms with Gasteiger partial charge in [0.15, 0.2) is 0 Å². The topological polar surface area (TPSA) is 0 Å². The zero-order valence-corrected chi connectivity index (χ0v) is 17.6. The number of halogens is 2. The summed E-state index contributed by atoms with van der Waals surface area (Å²) in [6.45, 7) is 4.44. The molecule has 0 saturated heterocycles. The second-order valence-electron chi connectivity index (χ2n) is 4.82. The van der Waals surface area contributed by atoms with Gasteiger partial charge in [-0.2, -0.15) is 12.2 Å². The monoisotopic (exact) mass is 496 g/mol. The molecule has 0 unspecified atom stereocenters. The first-order valence-corrected chi connectivity index (χ1v) is 7.39. The molecule has 0 heterocycles. The summed E-state index contributed by atoms with van der Waals surface area (Å²) < 4.78 is 0. The summed E-state index contributed by atoms with van der Waals surface area (Å²) in [5.74, 6) is 0. The third kappa shape index (κ3) is 13.6. The van der Waals surface area contributed by atoms with Crippen LogP contribution in [0, 0.1) is 12.2 Å². The van der Waals surface area contributed by atoms with E-state index in [0.717, 1.165) is 12.8 Å². The van der Waals surface area contributed by atoms with Gasteiger partial charge >= 0.3 is 21.1 Å². The van der Waals surface area contributed by atoms with Crippen LogP contribution >= 0.6 is 0 Å². The molecule has 0 N–H and O–H groups in total. The number of hydrogen-bond donors (Lipinski definition) is 0. The second-order valence-corrected chi connectivity index (χ2v) is 4.82. The van der Waals surface area contributed by atoms with Gasteiger partial charge in [0.1, 0.15) is 0 Å². The molecule has 3 heteroatoms. The van der Waals surface area contributed by atoms with E-state index < -0.39 is 0 Å². The molecule has 0 aliphatic heterocycles. The molecule has 21 heavy (non-hydrogen) atoms. The Balaban J connectivity index is -0.000000270. The Morgan fingerprint density at radius 3 is 1.43 bits per heavy atom. The predicted molar refractivity (Wildman–Crippen MR) is 80.1 cm³/mol. The zero-order valence-electron chi connectivity index (χ0n) is 13.1. The van der Waals surface area contributed by atoms with E-state index in [0.29, 0.717) is 0 Å². The molecule has 0 aromatic carbocycles. The first-order valence-electron chi connectivity index (χ1n) is 7.39. The van der Waals surface area contributed by atoms with Gasteiger partial charge in [-0.1, -0.05) is 52.4 Å². The summed E-state index contributed by atoms with van der Waals surface area (Å²) >= 11 is 0. The van der Waals surface area contributed by atoms with Crippen LogP contribution in [0.4, 0.5) is 0 Å². The molecule has 0 aromatic heterocycles. The average molecular weight is 497 g/mol. The molecular formula is C18H26Cl2W-2. The Labute approximate surface area is 158 Å². The Morgan fingerprint density at radius 1 is 0.810 bits per heavy atom. The maximum absolute atomic E-state index is 3.30. The van der Waals surface area contributed by atoms with Crippen LogP contribution in [-0.4, -0.2) is 0 Å². The average Bonchev–Trinajstić information content (AvgIpc) is 3.07. The zero-order chi connectivity index (χ0) is 13.1. The molecule has 0 aromatic rings. The fourth-order valence-corrected chi connectivity index (χ4v) is 1.98. The number of allylic oxidation sites excluding steroid dienone is 8. The van der Waals surface area contributed by atoms with Gasteiger partial charge in [0.05, 0.1) is 0 Å². The van der Waals surface area contributed by atoms with E-state index in [9.17, 15) is 0 Å². The van der Waals surface area contributed by atoms with Crippen LogP contribution in [0.5, 0.6) is 0 Å². The molecule has 0 radical (unpaired) electrons. The molecule has 0 bridgehead atoms.